The number of carbonyl (C=O) groups is 2. The molecule has 2 fully saturated rings. The Labute approximate surface area is 130 Å². The second-order valence-electron chi connectivity index (χ2n) is 6.98. The molecular formula is C17H33NO3. The Morgan fingerprint density at radius 1 is 1.33 bits per heavy atom. The maximum Gasteiger partial charge on any atom is 0.235 e. The van der Waals surface area contributed by atoms with Gasteiger partial charge in [0.15, 0.2) is 0 Å². The maximum atomic E-state index is 11.8. The van der Waals surface area contributed by atoms with Gasteiger partial charge in [-0.2, -0.15) is 0 Å². The quantitative estimate of drug-likeness (QED) is 0.694. The molecule has 21 heavy (non-hydrogen) atoms. The van der Waals surface area contributed by atoms with Crippen LogP contribution in [-0.2, 0) is 14.3 Å². The van der Waals surface area contributed by atoms with Crippen molar-refractivity contribution >= 4 is 12.3 Å². The van der Waals surface area contributed by atoms with Crippen LogP contribution in [0.4, 0.5) is 0 Å². The number of hydrogen-bond donors (Lipinski definition) is 0. The van der Waals surface area contributed by atoms with Gasteiger partial charge in [-0.15, -0.1) is 0 Å². The standard InChI is InChI=1S/C10H15NO2.C5H12O.C2H6/c1-7-3-4-10(2)5-8(7)11(6-12)9(10)13;1-5(2,3)6-4;1-2/h6-8H,3-5H2,1-2H3;1-4H3;1-2H3. The Morgan fingerprint density at radius 3 is 2.19 bits per heavy atom. The van der Waals surface area contributed by atoms with Gasteiger partial charge in [-0.1, -0.05) is 27.7 Å². The summed E-state index contributed by atoms with van der Waals surface area (Å²) in [4.78, 5) is 23.9. The molecule has 0 spiro atoms. The van der Waals surface area contributed by atoms with Crippen molar-refractivity contribution in [2.45, 2.75) is 79.4 Å². The van der Waals surface area contributed by atoms with E-state index in [1.807, 2.05) is 41.5 Å². The molecule has 2 aliphatic rings. The first-order valence-electron chi connectivity index (χ1n) is 7.98. The molecule has 4 heteroatoms. The Bertz CT molecular complexity index is 348. The molecule has 1 saturated heterocycles. The molecule has 1 saturated carbocycles. The van der Waals surface area contributed by atoms with Gasteiger partial charge in [0.25, 0.3) is 0 Å². The van der Waals surface area contributed by atoms with Gasteiger partial charge in [0.05, 0.1) is 5.60 Å². The monoisotopic (exact) mass is 299 g/mol. The summed E-state index contributed by atoms with van der Waals surface area (Å²) < 4.78 is 4.94. The molecule has 3 unspecified atom stereocenters. The lowest BCUT2D eigenvalue weighted by Crippen LogP contribution is -2.35. The minimum absolute atomic E-state index is 0.0388. The lowest BCUT2D eigenvalue weighted by molar-refractivity contribution is -0.141. The second-order valence-corrected chi connectivity index (χ2v) is 6.98. The Balaban J connectivity index is 0.000000427. The van der Waals surface area contributed by atoms with E-state index in [9.17, 15) is 9.59 Å². The highest BCUT2D eigenvalue weighted by Crippen LogP contribution is 2.47. The van der Waals surface area contributed by atoms with Gasteiger partial charge < -0.3 is 4.74 Å². The molecule has 2 rings (SSSR count). The van der Waals surface area contributed by atoms with Crippen LogP contribution in [0.1, 0.15) is 67.7 Å². The molecule has 1 heterocycles. The summed E-state index contributed by atoms with van der Waals surface area (Å²) in [5.41, 5.74) is -0.196. The number of imide groups is 1. The fourth-order valence-corrected chi connectivity index (χ4v) is 2.66. The minimum atomic E-state index is -0.238. The molecule has 2 amide bonds. The van der Waals surface area contributed by atoms with E-state index < -0.39 is 0 Å². The average Bonchev–Trinajstić information content (AvgIpc) is 2.66. The van der Waals surface area contributed by atoms with Crippen molar-refractivity contribution in [2.75, 3.05) is 7.11 Å². The molecule has 0 aromatic rings. The lowest BCUT2D eigenvalue weighted by atomic mass is 9.73. The van der Waals surface area contributed by atoms with Crippen LogP contribution >= 0.6 is 0 Å². The summed E-state index contributed by atoms with van der Waals surface area (Å²) in [5, 5.41) is 0. The average molecular weight is 299 g/mol. The molecule has 0 aromatic carbocycles. The number of nitrogens with zero attached hydrogens (tertiary/aromatic N) is 1. The van der Waals surface area contributed by atoms with Crippen LogP contribution in [0, 0.1) is 11.3 Å². The van der Waals surface area contributed by atoms with E-state index in [0.717, 1.165) is 19.3 Å². The molecule has 0 N–H and O–H groups in total. The van der Waals surface area contributed by atoms with Gasteiger partial charge in [0.1, 0.15) is 0 Å². The zero-order valence-corrected chi connectivity index (χ0v) is 15.0. The van der Waals surface area contributed by atoms with Crippen LogP contribution in [0.15, 0.2) is 0 Å². The van der Waals surface area contributed by atoms with E-state index in [-0.39, 0.29) is 23.0 Å². The first kappa shape index (κ1) is 20.1. The van der Waals surface area contributed by atoms with Crippen LogP contribution < -0.4 is 0 Å². The van der Waals surface area contributed by atoms with Gasteiger partial charge in [0.2, 0.25) is 12.3 Å². The number of fused-ring (bicyclic) bond motifs is 2. The lowest BCUT2D eigenvalue weighted by Gasteiger charge is -2.30. The zero-order chi connectivity index (χ0) is 16.8. The number of rotatable bonds is 1. The summed E-state index contributed by atoms with van der Waals surface area (Å²) in [6.45, 7) is 14.2. The van der Waals surface area contributed by atoms with E-state index in [1.54, 1.807) is 7.11 Å². The maximum absolute atomic E-state index is 11.8. The van der Waals surface area contributed by atoms with Crippen LogP contribution in [0.3, 0.4) is 0 Å². The zero-order valence-electron chi connectivity index (χ0n) is 15.0. The fourth-order valence-electron chi connectivity index (χ4n) is 2.66. The van der Waals surface area contributed by atoms with Gasteiger partial charge in [-0.05, 0) is 46.0 Å². The first-order chi connectivity index (χ1) is 9.64. The van der Waals surface area contributed by atoms with E-state index in [1.165, 1.54) is 4.90 Å². The van der Waals surface area contributed by atoms with Crippen molar-refractivity contribution in [1.29, 1.82) is 0 Å². The normalized spacial score (nSPS) is 30.9. The van der Waals surface area contributed by atoms with E-state index in [0.29, 0.717) is 12.3 Å². The number of methoxy groups -OCH3 is 1. The predicted octanol–water partition coefficient (Wildman–Crippen LogP) is 3.64. The van der Waals surface area contributed by atoms with Gasteiger partial charge in [0, 0.05) is 18.6 Å². The minimum Gasteiger partial charge on any atom is -0.379 e. The van der Waals surface area contributed by atoms with Crippen LogP contribution in [-0.4, -0.2) is 36.0 Å². The van der Waals surface area contributed by atoms with E-state index in [2.05, 4.69) is 6.92 Å². The SMILES string of the molecule is CC.CC1CCC2(C)CC1N(C=O)C2=O.COC(C)(C)C. The highest BCUT2D eigenvalue weighted by molar-refractivity contribution is 5.93. The molecular weight excluding hydrogens is 266 g/mol. The van der Waals surface area contributed by atoms with Crippen molar-refractivity contribution in [3.63, 3.8) is 0 Å². The second kappa shape index (κ2) is 7.92. The van der Waals surface area contributed by atoms with Crippen molar-refractivity contribution < 1.29 is 14.3 Å². The predicted molar refractivity (Wildman–Crippen MR) is 85.9 cm³/mol. The third-order valence-corrected chi connectivity index (χ3v) is 4.30. The molecule has 3 atom stereocenters. The van der Waals surface area contributed by atoms with E-state index in [4.69, 9.17) is 4.74 Å². The largest absolute Gasteiger partial charge is 0.379 e. The molecule has 2 bridgehead atoms. The summed E-state index contributed by atoms with van der Waals surface area (Å²) in [6, 6.07) is 0.170. The number of likely N-dealkylation sites (tertiary alicyclic amines) is 1. The smallest absolute Gasteiger partial charge is 0.235 e. The summed E-state index contributed by atoms with van der Waals surface area (Å²) >= 11 is 0. The van der Waals surface area contributed by atoms with E-state index >= 15 is 0 Å². The van der Waals surface area contributed by atoms with Crippen LogP contribution in [0.5, 0.6) is 0 Å². The molecule has 4 nitrogen and oxygen atoms in total. The van der Waals surface area contributed by atoms with Crippen LogP contribution in [0.2, 0.25) is 0 Å². The van der Waals surface area contributed by atoms with Crippen molar-refractivity contribution in [2.24, 2.45) is 11.3 Å². The Morgan fingerprint density at radius 2 is 1.81 bits per heavy atom. The fraction of sp³-hybridized carbons (Fsp3) is 0.882. The molecule has 0 aromatic heterocycles. The Hall–Kier alpha value is -0.900. The third-order valence-electron chi connectivity index (χ3n) is 4.30. The van der Waals surface area contributed by atoms with Crippen molar-refractivity contribution in [3.8, 4) is 0 Å². The van der Waals surface area contributed by atoms with Crippen LogP contribution in [0.25, 0.3) is 0 Å². The Kier molecular flexibility index (Phi) is 7.58. The number of hydrogen-bond acceptors (Lipinski definition) is 3. The summed E-state index contributed by atoms with van der Waals surface area (Å²) in [7, 11) is 1.71. The summed E-state index contributed by atoms with van der Waals surface area (Å²) in [5.74, 6) is 0.515. The van der Waals surface area contributed by atoms with Gasteiger partial charge in [-0.25, -0.2) is 0 Å². The molecule has 1 aliphatic heterocycles. The number of ether oxygens (including phenoxy) is 1. The highest BCUT2D eigenvalue weighted by atomic mass is 16.5. The van der Waals surface area contributed by atoms with Gasteiger partial charge in [-0.3, -0.25) is 14.5 Å². The van der Waals surface area contributed by atoms with Crippen molar-refractivity contribution in [1.82, 2.24) is 4.90 Å². The van der Waals surface area contributed by atoms with Gasteiger partial charge >= 0.3 is 0 Å². The molecule has 124 valence electrons. The highest BCUT2D eigenvalue weighted by Gasteiger charge is 2.52. The van der Waals surface area contributed by atoms with Crippen molar-refractivity contribution in [3.05, 3.63) is 0 Å². The summed E-state index contributed by atoms with van der Waals surface area (Å²) in [6.07, 6.45) is 3.58. The first-order valence-corrected chi connectivity index (χ1v) is 7.98. The molecule has 1 aliphatic carbocycles. The number of carbonyl (C=O) groups excluding carboxylic acids is 2. The third kappa shape index (κ3) is 5.10. The topological polar surface area (TPSA) is 46.6 Å². The molecule has 0 radical (unpaired) electrons. The number of amides is 2.